The Hall–Kier alpha value is -0.950. The molecule has 1 aromatic rings. The van der Waals surface area contributed by atoms with Crippen LogP contribution in [0.5, 0.6) is 0 Å². The highest BCUT2D eigenvalue weighted by Crippen LogP contribution is 2.26. The zero-order chi connectivity index (χ0) is 14.6. The number of hydrogen-bond acceptors (Lipinski definition) is 4. The van der Waals surface area contributed by atoms with Crippen molar-refractivity contribution >= 4 is 10.0 Å². The fraction of sp³-hybridized carbons (Fsp3) is 0.571. The molecule has 0 saturated carbocycles. The van der Waals surface area contributed by atoms with Crippen LogP contribution in [0.1, 0.15) is 17.5 Å². The van der Waals surface area contributed by atoms with Crippen molar-refractivity contribution < 1.29 is 18.3 Å². The molecule has 1 aliphatic carbocycles. The Morgan fingerprint density at radius 1 is 1.25 bits per heavy atom. The van der Waals surface area contributed by atoms with Crippen molar-refractivity contribution in [2.45, 2.75) is 24.2 Å². The molecule has 1 aromatic carbocycles. The number of fused-ring (bicyclic) bond motifs is 1. The van der Waals surface area contributed by atoms with E-state index in [1.165, 1.54) is 17.0 Å². The molecule has 0 bridgehead atoms. The van der Waals surface area contributed by atoms with Gasteiger partial charge in [-0.15, -0.1) is 0 Å². The van der Waals surface area contributed by atoms with Crippen LogP contribution in [0.3, 0.4) is 0 Å². The summed E-state index contributed by atoms with van der Waals surface area (Å²) in [6.07, 6.45) is 3.05. The van der Waals surface area contributed by atoms with Gasteiger partial charge in [0, 0.05) is 20.2 Å². The van der Waals surface area contributed by atoms with E-state index in [2.05, 4.69) is 0 Å². The van der Waals surface area contributed by atoms with Crippen LogP contribution in [0.15, 0.2) is 23.1 Å². The van der Waals surface area contributed by atoms with Gasteiger partial charge in [-0.05, 0) is 42.5 Å². The van der Waals surface area contributed by atoms with Gasteiger partial charge >= 0.3 is 0 Å². The van der Waals surface area contributed by atoms with Crippen LogP contribution in [-0.4, -0.2) is 51.2 Å². The third-order valence-corrected chi connectivity index (χ3v) is 5.50. The van der Waals surface area contributed by atoms with Crippen molar-refractivity contribution in [3.8, 4) is 0 Å². The predicted octanol–water partition coefficient (Wildman–Crippen LogP) is 0.805. The van der Waals surface area contributed by atoms with Crippen molar-refractivity contribution in [1.82, 2.24) is 4.31 Å². The molecular weight excluding hydrogens is 278 g/mol. The number of aliphatic hydroxyl groups is 1. The monoisotopic (exact) mass is 299 g/mol. The van der Waals surface area contributed by atoms with E-state index in [1.807, 2.05) is 6.07 Å². The Labute approximate surface area is 120 Å². The summed E-state index contributed by atoms with van der Waals surface area (Å²) >= 11 is 0. The maximum atomic E-state index is 12.6. The molecule has 2 rings (SSSR count). The highest BCUT2D eigenvalue weighted by molar-refractivity contribution is 7.89. The number of sulfonamides is 1. The van der Waals surface area contributed by atoms with E-state index >= 15 is 0 Å². The quantitative estimate of drug-likeness (QED) is 0.809. The molecule has 6 heteroatoms. The lowest BCUT2D eigenvalue weighted by molar-refractivity contribution is 0.168. The van der Waals surface area contributed by atoms with E-state index in [-0.39, 0.29) is 19.7 Å². The second-order valence-corrected chi connectivity index (χ2v) is 6.84. The first-order valence-electron chi connectivity index (χ1n) is 6.81. The first-order chi connectivity index (χ1) is 9.59. The number of aryl methyl sites for hydroxylation is 2. The lowest BCUT2D eigenvalue weighted by Crippen LogP contribution is -2.36. The van der Waals surface area contributed by atoms with E-state index in [0.717, 1.165) is 24.8 Å². The number of benzene rings is 1. The van der Waals surface area contributed by atoms with E-state index in [4.69, 9.17) is 9.84 Å². The third-order valence-electron chi connectivity index (χ3n) is 3.60. The molecule has 0 heterocycles. The average molecular weight is 299 g/mol. The van der Waals surface area contributed by atoms with E-state index in [0.29, 0.717) is 11.5 Å². The van der Waals surface area contributed by atoms with Crippen molar-refractivity contribution in [3.63, 3.8) is 0 Å². The van der Waals surface area contributed by atoms with Crippen LogP contribution in [0.25, 0.3) is 0 Å². The van der Waals surface area contributed by atoms with Gasteiger partial charge in [0.1, 0.15) is 0 Å². The molecule has 0 amide bonds. The average Bonchev–Trinajstić information content (AvgIpc) is 2.90. The predicted molar refractivity (Wildman–Crippen MR) is 76.2 cm³/mol. The number of rotatable bonds is 7. The van der Waals surface area contributed by atoms with Crippen LogP contribution in [-0.2, 0) is 27.6 Å². The molecule has 1 N–H and O–H groups in total. The second kappa shape index (κ2) is 6.67. The maximum Gasteiger partial charge on any atom is 0.243 e. The smallest absolute Gasteiger partial charge is 0.243 e. The maximum absolute atomic E-state index is 12.6. The number of hydrogen-bond donors (Lipinski definition) is 1. The molecule has 0 atom stereocenters. The van der Waals surface area contributed by atoms with E-state index in [1.54, 1.807) is 12.1 Å². The van der Waals surface area contributed by atoms with Crippen LogP contribution in [0.4, 0.5) is 0 Å². The van der Waals surface area contributed by atoms with Gasteiger partial charge in [0.25, 0.3) is 0 Å². The highest BCUT2D eigenvalue weighted by Gasteiger charge is 2.25. The number of ether oxygens (including phenoxy) is 1. The Kier molecular flexibility index (Phi) is 5.15. The molecule has 1 aliphatic rings. The lowest BCUT2D eigenvalue weighted by Gasteiger charge is -2.21. The van der Waals surface area contributed by atoms with Gasteiger partial charge in [0.15, 0.2) is 0 Å². The summed E-state index contributed by atoms with van der Waals surface area (Å²) in [4.78, 5) is 0.308. The SMILES string of the molecule is COCCN(CCO)S(=O)(=O)c1ccc2c(c1)CCC2. The number of methoxy groups -OCH3 is 1. The van der Waals surface area contributed by atoms with Gasteiger partial charge in [0.05, 0.1) is 18.1 Å². The molecule has 5 nitrogen and oxygen atoms in total. The van der Waals surface area contributed by atoms with Gasteiger partial charge in [0.2, 0.25) is 10.0 Å². The third kappa shape index (κ3) is 3.20. The molecule has 0 aliphatic heterocycles. The van der Waals surface area contributed by atoms with E-state index in [9.17, 15) is 8.42 Å². The fourth-order valence-electron chi connectivity index (χ4n) is 2.51. The summed E-state index contributed by atoms with van der Waals surface area (Å²) in [5.41, 5.74) is 2.37. The van der Waals surface area contributed by atoms with Crippen molar-refractivity contribution in [2.75, 3.05) is 33.4 Å². The standard InChI is InChI=1S/C14H21NO4S/c1-19-10-8-15(7-9-16)20(17,18)14-6-5-12-3-2-4-13(12)11-14/h5-6,11,16H,2-4,7-10H2,1H3. The summed E-state index contributed by atoms with van der Waals surface area (Å²) in [7, 11) is -2.04. The molecule has 0 fully saturated rings. The highest BCUT2D eigenvalue weighted by atomic mass is 32.2. The first kappa shape index (κ1) is 15.4. The minimum atomic E-state index is -3.56. The largest absolute Gasteiger partial charge is 0.395 e. The molecule has 0 aromatic heterocycles. The molecular formula is C14H21NO4S. The van der Waals surface area contributed by atoms with Crippen LogP contribution < -0.4 is 0 Å². The minimum absolute atomic E-state index is 0.0861. The summed E-state index contributed by atoms with van der Waals surface area (Å²) in [6.45, 7) is 0.442. The summed E-state index contributed by atoms with van der Waals surface area (Å²) in [6, 6.07) is 5.34. The zero-order valence-electron chi connectivity index (χ0n) is 11.7. The Balaban J connectivity index is 2.27. The van der Waals surface area contributed by atoms with Crippen LogP contribution in [0, 0.1) is 0 Å². The fourth-order valence-corrected chi connectivity index (χ4v) is 3.98. The minimum Gasteiger partial charge on any atom is -0.395 e. The molecule has 112 valence electrons. The topological polar surface area (TPSA) is 66.8 Å². The molecule has 0 spiro atoms. The second-order valence-electron chi connectivity index (χ2n) is 4.90. The Morgan fingerprint density at radius 2 is 2.00 bits per heavy atom. The molecule has 0 unspecified atom stereocenters. The summed E-state index contributed by atoms with van der Waals surface area (Å²) < 4.78 is 31.4. The summed E-state index contributed by atoms with van der Waals surface area (Å²) in [5, 5.41) is 9.05. The van der Waals surface area contributed by atoms with E-state index < -0.39 is 10.0 Å². The van der Waals surface area contributed by atoms with Gasteiger partial charge in [-0.3, -0.25) is 0 Å². The van der Waals surface area contributed by atoms with Gasteiger partial charge in [-0.1, -0.05) is 6.07 Å². The summed E-state index contributed by atoms with van der Waals surface area (Å²) in [5.74, 6) is 0. The van der Waals surface area contributed by atoms with Crippen molar-refractivity contribution in [2.24, 2.45) is 0 Å². The van der Waals surface area contributed by atoms with Gasteiger partial charge in [-0.2, -0.15) is 4.31 Å². The van der Waals surface area contributed by atoms with Gasteiger partial charge < -0.3 is 9.84 Å². The Bertz CT molecular complexity index is 556. The normalized spacial score (nSPS) is 14.8. The molecule has 0 radical (unpaired) electrons. The first-order valence-corrected chi connectivity index (χ1v) is 8.25. The number of nitrogens with zero attached hydrogens (tertiary/aromatic N) is 1. The zero-order valence-corrected chi connectivity index (χ0v) is 12.5. The van der Waals surface area contributed by atoms with Crippen LogP contribution >= 0.6 is 0 Å². The van der Waals surface area contributed by atoms with Crippen molar-refractivity contribution in [1.29, 1.82) is 0 Å². The lowest BCUT2D eigenvalue weighted by atomic mass is 10.1. The van der Waals surface area contributed by atoms with Crippen LogP contribution in [0.2, 0.25) is 0 Å². The Morgan fingerprint density at radius 3 is 2.70 bits per heavy atom. The molecule has 20 heavy (non-hydrogen) atoms. The van der Waals surface area contributed by atoms with Crippen molar-refractivity contribution in [3.05, 3.63) is 29.3 Å². The molecule has 0 saturated heterocycles. The number of aliphatic hydroxyl groups excluding tert-OH is 1. The van der Waals surface area contributed by atoms with Gasteiger partial charge in [-0.25, -0.2) is 8.42 Å².